The van der Waals surface area contributed by atoms with Crippen LogP contribution in [-0.2, 0) is 0 Å². The van der Waals surface area contributed by atoms with E-state index in [1.165, 1.54) is 6.07 Å². The quantitative estimate of drug-likeness (QED) is 0.522. The number of hydrogen-bond acceptors (Lipinski definition) is 4. The van der Waals surface area contributed by atoms with Crippen molar-refractivity contribution in [3.8, 4) is 11.5 Å². The summed E-state index contributed by atoms with van der Waals surface area (Å²) >= 11 is 5.87. The third kappa shape index (κ3) is 3.24. The van der Waals surface area contributed by atoms with Crippen LogP contribution in [0, 0.1) is 5.82 Å². The highest BCUT2D eigenvalue weighted by Gasteiger charge is 2.21. The maximum absolute atomic E-state index is 14.0. The number of hydrogen-bond donors (Lipinski definition) is 2. The predicted molar refractivity (Wildman–Crippen MR) is 115 cm³/mol. The maximum atomic E-state index is 14.0. The third-order valence-corrected chi connectivity index (χ3v) is 6.23. The second-order valence-electron chi connectivity index (χ2n) is 7.82. The number of anilines is 1. The number of nitrogens with one attached hydrogen (secondary N) is 2. The van der Waals surface area contributed by atoms with Crippen LogP contribution in [0.25, 0.3) is 33.5 Å². The Hall–Kier alpha value is -2.64. The van der Waals surface area contributed by atoms with Crippen molar-refractivity contribution in [1.29, 1.82) is 0 Å². The third-order valence-electron chi connectivity index (χ3n) is 5.94. The fourth-order valence-electron chi connectivity index (χ4n) is 4.11. The van der Waals surface area contributed by atoms with E-state index in [0.29, 0.717) is 28.5 Å². The van der Waals surface area contributed by atoms with Crippen LogP contribution in [0.3, 0.4) is 0 Å². The molecule has 5 rings (SSSR count). The van der Waals surface area contributed by atoms with Gasteiger partial charge in [-0.05, 0) is 63.3 Å². The van der Waals surface area contributed by atoms with Gasteiger partial charge in [-0.2, -0.15) is 5.10 Å². The molecular formula is C21H22ClFN6. The van der Waals surface area contributed by atoms with Crippen molar-refractivity contribution in [2.75, 3.05) is 32.1 Å². The maximum Gasteiger partial charge on any atom is 0.159 e. The number of rotatable bonds is 3. The highest BCUT2D eigenvalue weighted by atomic mass is 35.5. The Morgan fingerprint density at radius 2 is 1.97 bits per heavy atom. The first-order valence-corrected chi connectivity index (χ1v) is 10.1. The van der Waals surface area contributed by atoms with Crippen molar-refractivity contribution >= 4 is 39.2 Å². The van der Waals surface area contributed by atoms with E-state index in [1.54, 1.807) is 6.07 Å². The molecule has 4 aromatic rings. The van der Waals surface area contributed by atoms with Gasteiger partial charge in [0.15, 0.2) is 5.82 Å². The van der Waals surface area contributed by atoms with Crippen molar-refractivity contribution < 1.29 is 4.39 Å². The van der Waals surface area contributed by atoms with Crippen LogP contribution < -0.4 is 4.90 Å². The van der Waals surface area contributed by atoms with Crippen LogP contribution in [0.2, 0.25) is 5.02 Å². The summed E-state index contributed by atoms with van der Waals surface area (Å²) < 4.78 is 14.0. The van der Waals surface area contributed by atoms with E-state index in [1.807, 2.05) is 6.07 Å². The van der Waals surface area contributed by atoms with Crippen LogP contribution in [0.5, 0.6) is 0 Å². The van der Waals surface area contributed by atoms with Gasteiger partial charge >= 0.3 is 0 Å². The van der Waals surface area contributed by atoms with E-state index >= 15 is 0 Å². The van der Waals surface area contributed by atoms with Gasteiger partial charge < -0.3 is 14.8 Å². The smallest absolute Gasteiger partial charge is 0.159 e. The molecule has 1 aliphatic rings. The molecule has 0 aliphatic carbocycles. The number of imidazole rings is 1. The summed E-state index contributed by atoms with van der Waals surface area (Å²) in [6.45, 7) is 2.25. The van der Waals surface area contributed by atoms with E-state index in [2.05, 4.69) is 56.2 Å². The summed E-state index contributed by atoms with van der Waals surface area (Å²) in [6, 6.07) is 9.71. The Labute approximate surface area is 172 Å². The largest absolute Gasteiger partial charge is 0.371 e. The molecule has 0 bridgehead atoms. The lowest BCUT2D eigenvalue weighted by Crippen LogP contribution is -2.41. The van der Waals surface area contributed by atoms with E-state index in [9.17, 15) is 4.39 Å². The minimum atomic E-state index is -0.472. The zero-order valence-corrected chi connectivity index (χ0v) is 17.1. The van der Waals surface area contributed by atoms with Crippen molar-refractivity contribution in [1.82, 2.24) is 25.1 Å². The number of fused-ring (bicyclic) bond motifs is 2. The van der Waals surface area contributed by atoms with Crippen LogP contribution in [0.15, 0.2) is 30.3 Å². The molecule has 29 heavy (non-hydrogen) atoms. The van der Waals surface area contributed by atoms with E-state index in [0.717, 1.165) is 42.7 Å². The van der Waals surface area contributed by atoms with Gasteiger partial charge in [-0.1, -0.05) is 11.6 Å². The molecule has 2 N–H and O–H groups in total. The average Bonchev–Trinajstić information content (AvgIpc) is 3.31. The van der Waals surface area contributed by atoms with Crippen molar-refractivity contribution in [3.05, 3.63) is 41.2 Å². The first-order valence-electron chi connectivity index (χ1n) is 9.74. The van der Waals surface area contributed by atoms with Gasteiger partial charge in [-0.25, -0.2) is 9.37 Å². The summed E-state index contributed by atoms with van der Waals surface area (Å²) in [4.78, 5) is 12.7. The van der Waals surface area contributed by atoms with Crippen LogP contribution in [0.4, 0.5) is 10.1 Å². The fraction of sp³-hybridized carbons (Fsp3) is 0.333. The molecule has 0 radical (unpaired) electrons. The standard InChI is InChI=1S/C21H22ClFN6/c1-28-7-5-12(6-8-28)29(2)13-3-4-17-19(9-13)25-21(24-17)20-14-10-16(23)15(22)11-18(14)26-27-20/h3-4,9-12H,5-8H2,1-2H3,(H,24,25)(H,26,27). The predicted octanol–water partition coefficient (Wildman–Crippen LogP) is 4.43. The number of nitrogens with zero attached hydrogens (tertiary/aromatic N) is 4. The lowest BCUT2D eigenvalue weighted by atomic mass is 10.0. The van der Waals surface area contributed by atoms with Gasteiger partial charge in [0.05, 0.1) is 21.6 Å². The first kappa shape index (κ1) is 18.4. The zero-order valence-electron chi connectivity index (χ0n) is 16.3. The summed E-state index contributed by atoms with van der Waals surface area (Å²) in [6.07, 6.45) is 2.32. The molecule has 0 unspecified atom stereocenters. The number of likely N-dealkylation sites (tertiary alicyclic amines) is 1. The zero-order chi connectivity index (χ0) is 20.1. The topological polar surface area (TPSA) is 63.8 Å². The SMILES string of the molecule is CN1CCC(N(C)c2ccc3nc(-c4n[nH]c5cc(Cl)c(F)cc45)[nH]c3c2)CC1. The molecule has 1 fully saturated rings. The number of piperidine rings is 1. The highest BCUT2D eigenvalue weighted by Crippen LogP contribution is 2.31. The van der Waals surface area contributed by atoms with Gasteiger partial charge in [0.1, 0.15) is 11.5 Å². The molecule has 1 saturated heterocycles. The van der Waals surface area contributed by atoms with Crippen molar-refractivity contribution in [2.45, 2.75) is 18.9 Å². The van der Waals surface area contributed by atoms with Gasteiger partial charge in [0.25, 0.3) is 0 Å². The lowest BCUT2D eigenvalue weighted by molar-refractivity contribution is 0.253. The summed E-state index contributed by atoms with van der Waals surface area (Å²) in [5, 5.41) is 7.94. The normalized spacial score (nSPS) is 16.1. The summed E-state index contributed by atoms with van der Waals surface area (Å²) in [7, 11) is 4.33. The van der Waals surface area contributed by atoms with Crippen molar-refractivity contribution in [2.24, 2.45) is 0 Å². The van der Waals surface area contributed by atoms with Gasteiger partial charge in [0.2, 0.25) is 0 Å². The molecule has 0 saturated carbocycles. The summed E-state index contributed by atoms with van der Waals surface area (Å²) in [5.41, 5.74) is 4.20. The molecule has 6 nitrogen and oxygen atoms in total. The molecule has 0 spiro atoms. The second-order valence-corrected chi connectivity index (χ2v) is 8.22. The van der Waals surface area contributed by atoms with E-state index < -0.39 is 5.82 Å². The molecule has 8 heteroatoms. The fourth-order valence-corrected chi connectivity index (χ4v) is 4.28. The molecule has 2 aromatic carbocycles. The number of aromatic amines is 2. The molecule has 0 amide bonds. The van der Waals surface area contributed by atoms with Gasteiger partial charge in [0, 0.05) is 24.2 Å². The Kier molecular flexibility index (Phi) is 4.44. The number of aromatic nitrogens is 4. The van der Waals surface area contributed by atoms with Gasteiger partial charge in [-0.15, -0.1) is 0 Å². The molecule has 2 aromatic heterocycles. The minimum Gasteiger partial charge on any atom is -0.371 e. The number of H-pyrrole nitrogens is 2. The van der Waals surface area contributed by atoms with Crippen LogP contribution in [0.1, 0.15) is 12.8 Å². The Morgan fingerprint density at radius 1 is 1.17 bits per heavy atom. The molecule has 3 heterocycles. The van der Waals surface area contributed by atoms with Crippen LogP contribution >= 0.6 is 11.6 Å². The lowest BCUT2D eigenvalue weighted by Gasteiger charge is -2.36. The Balaban J connectivity index is 1.49. The Bertz CT molecular complexity index is 1190. The van der Waals surface area contributed by atoms with Crippen LogP contribution in [-0.4, -0.2) is 58.3 Å². The van der Waals surface area contributed by atoms with Gasteiger partial charge in [-0.3, -0.25) is 5.10 Å². The minimum absolute atomic E-state index is 0.0684. The van der Waals surface area contributed by atoms with E-state index in [4.69, 9.17) is 11.6 Å². The summed E-state index contributed by atoms with van der Waals surface area (Å²) in [5.74, 6) is 0.132. The van der Waals surface area contributed by atoms with Crippen molar-refractivity contribution in [3.63, 3.8) is 0 Å². The molecule has 0 atom stereocenters. The first-order chi connectivity index (χ1) is 14.0. The number of benzene rings is 2. The monoisotopic (exact) mass is 412 g/mol. The Morgan fingerprint density at radius 3 is 2.76 bits per heavy atom. The number of halogens is 2. The average molecular weight is 413 g/mol. The highest BCUT2D eigenvalue weighted by molar-refractivity contribution is 6.31. The van der Waals surface area contributed by atoms with E-state index in [-0.39, 0.29) is 5.02 Å². The second kappa shape index (κ2) is 7.00. The molecular weight excluding hydrogens is 391 g/mol. The molecule has 1 aliphatic heterocycles. The molecule has 150 valence electrons.